The first-order chi connectivity index (χ1) is 10.2. The number of hydrogen-bond acceptors (Lipinski definition) is 4. The minimum Gasteiger partial charge on any atom is -0.497 e. The van der Waals surface area contributed by atoms with Crippen LogP contribution in [-0.4, -0.2) is 23.8 Å². The Labute approximate surface area is 121 Å². The second kappa shape index (κ2) is 7.04. The first kappa shape index (κ1) is 14.5. The fourth-order valence-electron chi connectivity index (χ4n) is 1.65. The number of amides is 1. The maximum Gasteiger partial charge on any atom is 0.260 e. The predicted molar refractivity (Wildman–Crippen MR) is 79.4 cm³/mol. The van der Waals surface area contributed by atoms with E-state index in [1.165, 1.54) is 16.8 Å². The third-order valence-corrected chi connectivity index (χ3v) is 2.73. The van der Waals surface area contributed by atoms with Crippen molar-refractivity contribution in [2.24, 2.45) is 5.10 Å². The number of nitrogens with one attached hydrogen (secondary N) is 1. The van der Waals surface area contributed by atoms with Crippen molar-refractivity contribution in [2.75, 3.05) is 7.11 Å². The molecule has 2 rings (SSSR count). The third kappa shape index (κ3) is 4.31. The van der Waals surface area contributed by atoms with Gasteiger partial charge in [-0.15, -0.1) is 0 Å². The van der Waals surface area contributed by atoms with Gasteiger partial charge >= 0.3 is 0 Å². The van der Waals surface area contributed by atoms with Crippen LogP contribution < -0.4 is 15.7 Å². The lowest BCUT2D eigenvalue weighted by molar-refractivity contribution is -0.121. The minimum atomic E-state index is -0.368. The Bertz CT molecular complexity index is 690. The monoisotopic (exact) mass is 285 g/mol. The quantitative estimate of drug-likeness (QED) is 0.658. The van der Waals surface area contributed by atoms with Crippen molar-refractivity contribution in [3.63, 3.8) is 0 Å². The summed E-state index contributed by atoms with van der Waals surface area (Å²) in [6, 6.07) is 11.9. The topological polar surface area (TPSA) is 72.7 Å². The molecule has 2 aromatic rings. The van der Waals surface area contributed by atoms with Crippen molar-refractivity contribution in [3.05, 3.63) is 64.6 Å². The highest BCUT2D eigenvalue weighted by molar-refractivity contribution is 5.82. The fraction of sp³-hybridized carbons (Fsp3) is 0.133. The Hall–Kier alpha value is -2.89. The van der Waals surface area contributed by atoms with Crippen LogP contribution in [0.25, 0.3) is 0 Å². The molecule has 1 N–H and O–H groups in total. The number of carbonyl (C=O) groups excluding carboxylic acids is 1. The van der Waals surface area contributed by atoms with Crippen LogP contribution in [0.5, 0.6) is 5.75 Å². The number of rotatable bonds is 5. The van der Waals surface area contributed by atoms with Gasteiger partial charge < -0.3 is 9.30 Å². The van der Waals surface area contributed by atoms with E-state index in [1.54, 1.807) is 37.6 Å². The highest BCUT2D eigenvalue weighted by Gasteiger charge is 2.01. The molecule has 0 aliphatic heterocycles. The molecule has 0 saturated carbocycles. The molecule has 1 heterocycles. The van der Waals surface area contributed by atoms with Crippen LogP contribution in [-0.2, 0) is 11.3 Å². The summed E-state index contributed by atoms with van der Waals surface area (Å²) in [6.07, 6.45) is 3.07. The number of nitrogens with zero attached hydrogens (tertiary/aromatic N) is 2. The molecule has 6 heteroatoms. The largest absolute Gasteiger partial charge is 0.497 e. The number of benzene rings is 1. The van der Waals surface area contributed by atoms with Gasteiger partial charge in [-0.1, -0.05) is 6.07 Å². The normalized spacial score (nSPS) is 10.5. The van der Waals surface area contributed by atoms with E-state index in [2.05, 4.69) is 10.5 Å². The van der Waals surface area contributed by atoms with Crippen molar-refractivity contribution in [1.29, 1.82) is 0 Å². The summed E-state index contributed by atoms with van der Waals surface area (Å²) in [4.78, 5) is 23.1. The van der Waals surface area contributed by atoms with Gasteiger partial charge in [-0.25, -0.2) is 5.43 Å². The second-order valence-electron chi connectivity index (χ2n) is 4.23. The Morgan fingerprint density at radius 3 is 2.71 bits per heavy atom. The van der Waals surface area contributed by atoms with Crippen molar-refractivity contribution in [3.8, 4) is 5.75 Å². The summed E-state index contributed by atoms with van der Waals surface area (Å²) < 4.78 is 6.35. The smallest absolute Gasteiger partial charge is 0.260 e. The molecule has 0 saturated heterocycles. The molecule has 0 unspecified atom stereocenters. The molecule has 6 nitrogen and oxygen atoms in total. The zero-order valence-corrected chi connectivity index (χ0v) is 11.5. The highest BCUT2D eigenvalue weighted by atomic mass is 16.5. The maximum atomic E-state index is 11.7. The SMILES string of the molecule is COc1ccc(/C=N\NC(=O)Cn2ccccc2=O)cc1. The number of methoxy groups -OCH3 is 1. The van der Waals surface area contributed by atoms with Crippen LogP contribution >= 0.6 is 0 Å². The Kier molecular flexibility index (Phi) is 4.87. The van der Waals surface area contributed by atoms with Gasteiger partial charge in [0.25, 0.3) is 11.5 Å². The van der Waals surface area contributed by atoms with Crippen LogP contribution in [0, 0.1) is 0 Å². The van der Waals surface area contributed by atoms with Crippen LogP contribution in [0.4, 0.5) is 0 Å². The summed E-state index contributed by atoms with van der Waals surface area (Å²) in [7, 11) is 1.59. The van der Waals surface area contributed by atoms with E-state index in [-0.39, 0.29) is 18.0 Å². The van der Waals surface area contributed by atoms with Gasteiger partial charge in [0, 0.05) is 12.3 Å². The number of pyridine rings is 1. The van der Waals surface area contributed by atoms with Gasteiger partial charge in [0.15, 0.2) is 0 Å². The molecule has 1 aromatic heterocycles. The zero-order chi connectivity index (χ0) is 15.1. The highest BCUT2D eigenvalue weighted by Crippen LogP contribution is 2.09. The number of aromatic nitrogens is 1. The van der Waals surface area contributed by atoms with E-state index in [1.807, 2.05) is 12.1 Å². The lowest BCUT2D eigenvalue weighted by atomic mass is 10.2. The first-order valence-electron chi connectivity index (χ1n) is 6.30. The Morgan fingerprint density at radius 2 is 2.05 bits per heavy atom. The lowest BCUT2D eigenvalue weighted by Gasteiger charge is -2.03. The molecular formula is C15H15N3O3. The molecular weight excluding hydrogens is 270 g/mol. The van der Waals surface area contributed by atoms with Gasteiger partial charge in [0.2, 0.25) is 0 Å². The summed E-state index contributed by atoms with van der Waals surface area (Å²) in [5.41, 5.74) is 2.97. The van der Waals surface area contributed by atoms with Crippen LogP contribution in [0.2, 0.25) is 0 Å². The summed E-state index contributed by atoms with van der Waals surface area (Å²) in [5.74, 6) is 0.382. The van der Waals surface area contributed by atoms with E-state index < -0.39 is 0 Å². The van der Waals surface area contributed by atoms with Gasteiger partial charge in [-0.2, -0.15) is 5.10 Å². The summed E-state index contributed by atoms with van der Waals surface area (Å²) in [5, 5.41) is 3.84. The van der Waals surface area contributed by atoms with Crippen molar-refractivity contribution in [2.45, 2.75) is 6.54 Å². The van der Waals surface area contributed by atoms with Crippen molar-refractivity contribution < 1.29 is 9.53 Å². The van der Waals surface area contributed by atoms with E-state index in [9.17, 15) is 9.59 Å². The number of carbonyl (C=O) groups is 1. The molecule has 108 valence electrons. The van der Waals surface area contributed by atoms with Crippen molar-refractivity contribution >= 4 is 12.1 Å². The molecule has 0 bridgehead atoms. The average Bonchev–Trinajstić information content (AvgIpc) is 2.50. The molecule has 1 amide bonds. The second-order valence-corrected chi connectivity index (χ2v) is 4.23. The minimum absolute atomic E-state index is 0.0698. The molecule has 0 aliphatic carbocycles. The molecule has 0 radical (unpaired) electrons. The first-order valence-corrected chi connectivity index (χ1v) is 6.30. The molecule has 21 heavy (non-hydrogen) atoms. The maximum absolute atomic E-state index is 11.7. The van der Waals surface area contributed by atoms with Crippen molar-refractivity contribution in [1.82, 2.24) is 9.99 Å². The molecule has 0 fully saturated rings. The average molecular weight is 285 g/mol. The van der Waals surface area contributed by atoms with Gasteiger partial charge in [0.1, 0.15) is 12.3 Å². The molecule has 0 spiro atoms. The Balaban J connectivity index is 1.90. The lowest BCUT2D eigenvalue weighted by Crippen LogP contribution is -2.28. The fourth-order valence-corrected chi connectivity index (χ4v) is 1.65. The number of ether oxygens (including phenoxy) is 1. The van der Waals surface area contributed by atoms with E-state index in [0.717, 1.165) is 11.3 Å². The summed E-state index contributed by atoms with van der Waals surface area (Å²) >= 11 is 0. The number of hydrogen-bond donors (Lipinski definition) is 1. The molecule has 1 aromatic carbocycles. The van der Waals surface area contributed by atoms with Crippen LogP contribution in [0.15, 0.2) is 58.6 Å². The van der Waals surface area contributed by atoms with E-state index >= 15 is 0 Å². The standard InChI is InChI=1S/C15H15N3O3/c1-21-13-7-5-12(6-8-13)10-16-17-14(19)11-18-9-3-2-4-15(18)20/h2-10H,11H2,1H3,(H,17,19)/b16-10-. The van der Waals surface area contributed by atoms with Gasteiger partial charge in [0.05, 0.1) is 13.3 Å². The summed E-state index contributed by atoms with van der Waals surface area (Å²) in [6.45, 7) is -0.0698. The van der Waals surface area contributed by atoms with E-state index in [0.29, 0.717) is 0 Å². The molecule has 0 aliphatic rings. The molecule has 0 atom stereocenters. The van der Waals surface area contributed by atoms with Crippen LogP contribution in [0.1, 0.15) is 5.56 Å². The predicted octanol–water partition coefficient (Wildman–Crippen LogP) is 1.01. The van der Waals surface area contributed by atoms with Crippen LogP contribution in [0.3, 0.4) is 0 Å². The Morgan fingerprint density at radius 1 is 1.29 bits per heavy atom. The van der Waals surface area contributed by atoms with E-state index in [4.69, 9.17) is 4.74 Å². The third-order valence-electron chi connectivity index (χ3n) is 2.73. The van der Waals surface area contributed by atoms with Gasteiger partial charge in [-0.3, -0.25) is 9.59 Å². The zero-order valence-electron chi connectivity index (χ0n) is 11.5. The van der Waals surface area contributed by atoms with Gasteiger partial charge in [-0.05, 0) is 35.9 Å². The number of hydrazone groups is 1.